The molecular formula is C20H31N3. The molecule has 23 heavy (non-hydrogen) atoms. The van der Waals surface area contributed by atoms with E-state index >= 15 is 0 Å². The van der Waals surface area contributed by atoms with Crippen LogP contribution in [0.3, 0.4) is 0 Å². The molecule has 0 radical (unpaired) electrons. The molecular weight excluding hydrogens is 282 g/mol. The molecule has 2 rings (SSSR count). The second-order valence-corrected chi connectivity index (χ2v) is 6.42. The number of unbranched alkanes of at least 4 members (excludes halogenated alkanes) is 9. The first kappa shape index (κ1) is 17.7. The van der Waals surface area contributed by atoms with Gasteiger partial charge >= 0.3 is 0 Å². The second-order valence-electron chi connectivity index (χ2n) is 6.42. The van der Waals surface area contributed by atoms with Crippen molar-refractivity contribution in [2.75, 3.05) is 0 Å². The smallest absolute Gasteiger partial charge is 0.115 e. The van der Waals surface area contributed by atoms with Crippen LogP contribution in [0, 0.1) is 0 Å². The summed E-state index contributed by atoms with van der Waals surface area (Å²) in [4.78, 5) is 0. The normalized spacial score (nSPS) is 11.0. The maximum absolute atomic E-state index is 4.33. The predicted molar refractivity (Wildman–Crippen MR) is 97.4 cm³/mol. The molecule has 1 heterocycles. The summed E-state index contributed by atoms with van der Waals surface area (Å²) in [6.07, 6.45) is 14.7. The monoisotopic (exact) mass is 313 g/mol. The van der Waals surface area contributed by atoms with Crippen LogP contribution in [0.1, 0.15) is 76.8 Å². The lowest BCUT2D eigenvalue weighted by Gasteiger charge is -2.03. The molecule has 0 saturated carbocycles. The fourth-order valence-electron chi connectivity index (χ4n) is 3.03. The predicted octanol–water partition coefficient (Wildman–Crippen LogP) is 5.94. The Morgan fingerprint density at radius 1 is 0.739 bits per heavy atom. The molecule has 0 unspecified atom stereocenters. The largest absolute Gasteiger partial charge is 0.197 e. The lowest BCUT2D eigenvalue weighted by Crippen LogP contribution is -1.90. The summed E-state index contributed by atoms with van der Waals surface area (Å²) in [5.74, 6) is 0. The fraction of sp³-hybridized carbons (Fsp3) is 0.600. The van der Waals surface area contributed by atoms with E-state index in [2.05, 4.69) is 34.5 Å². The van der Waals surface area contributed by atoms with Crippen molar-refractivity contribution in [2.24, 2.45) is 0 Å². The van der Waals surface area contributed by atoms with Crippen LogP contribution < -0.4 is 0 Å². The van der Waals surface area contributed by atoms with Crippen molar-refractivity contribution in [3.8, 4) is 11.3 Å². The van der Waals surface area contributed by atoms with E-state index in [1.54, 1.807) is 0 Å². The molecule has 0 atom stereocenters. The van der Waals surface area contributed by atoms with Crippen LogP contribution in [-0.2, 0) is 6.42 Å². The summed E-state index contributed by atoms with van der Waals surface area (Å²) in [5.41, 5.74) is 3.28. The zero-order chi connectivity index (χ0) is 16.2. The van der Waals surface area contributed by atoms with Crippen LogP contribution in [0.25, 0.3) is 11.3 Å². The highest BCUT2D eigenvalue weighted by molar-refractivity contribution is 5.60. The van der Waals surface area contributed by atoms with Gasteiger partial charge in [0.25, 0.3) is 0 Å². The minimum Gasteiger partial charge on any atom is -0.197 e. The Bertz CT molecular complexity index is 519. The lowest BCUT2D eigenvalue weighted by molar-refractivity contribution is 0.555. The molecule has 3 heteroatoms. The van der Waals surface area contributed by atoms with Gasteiger partial charge in [-0.3, -0.25) is 0 Å². The third kappa shape index (κ3) is 6.55. The van der Waals surface area contributed by atoms with Crippen LogP contribution in [0.2, 0.25) is 0 Å². The molecule has 2 aromatic rings. The van der Waals surface area contributed by atoms with E-state index in [-0.39, 0.29) is 0 Å². The van der Waals surface area contributed by atoms with Gasteiger partial charge < -0.3 is 0 Å². The molecule has 0 bridgehead atoms. The van der Waals surface area contributed by atoms with Crippen molar-refractivity contribution in [2.45, 2.75) is 77.6 Å². The maximum atomic E-state index is 4.33. The van der Waals surface area contributed by atoms with Gasteiger partial charge in [-0.1, -0.05) is 95.0 Å². The molecule has 126 valence electrons. The molecule has 0 aliphatic rings. The minimum absolute atomic E-state index is 1.02. The standard InChI is InChI=1S/C20H31N3/c1-2-3-4-5-6-7-8-9-10-14-17-19-20(22-23-21-19)18-15-12-11-13-16-18/h11-13,15-16H,2-10,14,17H2,1H3,(H,21,22,23). The number of hydrogen-bond acceptors (Lipinski definition) is 2. The Morgan fingerprint density at radius 2 is 1.35 bits per heavy atom. The van der Waals surface area contributed by atoms with E-state index in [0.717, 1.165) is 23.4 Å². The van der Waals surface area contributed by atoms with Gasteiger partial charge in [0, 0.05) is 5.56 Å². The van der Waals surface area contributed by atoms with E-state index in [0.29, 0.717) is 0 Å². The van der Waals surface area contributed by atoms with Crippen LogP contribution >= 0.6 is 0 Å². The number of benzene rings is 1. The zero-order valence-electron chi connectivity index (χ0n) is 14.6. The first-order chi connectivity index (χ1) is 11.4. The highest BCUT2D eigenvalue weighted by atomic mass is 15.3. The van der Waals surface area contributed by atoms with Crippen molar-refractivity contribution in [1.29, 1.82) is 0 Å². The zero-order valence-corrected chi connectivity index (χ0v) is 14.6. The highest BCUT2D eigenvalue weighted by Gasteiger charge is 2.09. The summed E-state index contributed by atoms with van der Waals surface area (Å²) < 4.78 is 0. The SMILES string of the molecule is CCCCCCCCCCCCc1n[nH]nc1-c1ccccc1. The molecule has 1 aromatic carbocycles. The van der Waals surface area contributed by atoms with E-state index < -0.39 is 0 Å². The summed E-state index contributed by atoms with van der Waals surface area (Å²) >= 11 is 0. The van der Waals surface area contributed by atoms with Gasteiger partial charge in [0.1, 0.15) is 5.69 Å². The van der Waals surface area contributed by atoms with E-state index in [4.69, 9.17) is 0 Å². The Hall–Kier alpha value is -1.64. The van der Waals surface area contributed by atoms with Crippen molar-refractivity contribution in [3.05, 3.63) is 36.0 Å². The van der Waals surface area contributed by atoms with Crippen LogP contribution in [0.5, 0.6) is 0 Å². The molecule has 0 aliphatic heterocycles. The van der Waals surface area contributed by atoms with Gasteiger partial charge in [-0.2, -0.15) is 15.4 Å². The minimum atomic E-state index is 1.02. The van der Waals surface area contributed by atoms with E-state index in [1.165, 1.54) is 64.2 Å². The summed E-state index contributed by atoms with van der Waals surface area (Å²) in [5, 5.41) is 11.4. The van der Waals surface area contributed by atoms with Crippen LogP contribution in [-0.4, -0.2) is 15.4 Å². The Balaban J connectivity index is 1.58. The molecule has 0 amide bonds. The third-order valence-electron chi connectivity index (χ3n) is 4.43. The van der Waals surface area contributed by atoms with Crippen molar-refractivity contribution in [3.63, 3.8) is 0 Å². The number of aromatic nitrogens is 3. The van der Waals surface area contributed by atoms with Crippen molar-refractivity contribution in [1.82, 2.24) is 15.4 Å². The van der Waals surface area contributed by atoms with Crippen LogP contribution in [0.15, 0.2) is 30.3 Å². The lowest BCUT2D eigenvalue weighted by atomic mass is 10.0. The van der Waals surface area contributed by atoms with Gasteiger partial charge in [-0.05, 0) is 12.8 Å². The number of rotatable bonds is 12. The van der Waals surface area contributed by atoms with E-state index in [9.17, 15) is 0 Å². The molecule has 0 saturated heterocycles. The first-order valence-electron chi connectivity index (χ1n) is 9.37. The summed E-state index contributed by atoms with van der Waals surface area (Å²) in [6, 6.07) is 10.3. The molecule has 0 spiro atoms. The molecule has 1 aromatic heterocycles. The quantitative estimate of drug-likeness (QED) is 0.493. The topological polar surface area (TPSA) is 41.6 Å². The number of nitrogens with one attached hydrogen (secondary N) is 1. The molecule has 1 N–H and O–H groups in total. The average Bonchev–Trinajstić information content (AvgIpc) is 3.06. The van der Waals surface area contributed by atoms with Gasteiger partial charge in [0.05, 0.1) is 5.69 Å². The Labute approximate surface area is 140 Å². The Kier molecular flexibility index (Phi) is 8.46. The second kappa shape index (κ2) is 11.0. The van der Waals surface area contributed by atoms with Crippen molar-refractivity contribution < 1.29 is 0 Å². The number of hydrogen-bond donors (Lipinski definition) is 1. The average molecular weight is 313 g/mol. The van der Waals surface area contributed by atoms with Gasteiger partial charge in [0.2, 0.25) is 0 Å². The number of nitrogens with zero attached hydrogens (tertiary/aromatic N) is 2. The van der Waals surface area contributed by atoms with Crippen LogP contribution in [0.4, 0.5) is 0 Å². The molecule has 0 aliphatic carbocycles. The summed E-state index contributed by atoms with van der Waals surface area (Å²) in [6.45, 7) is 2.28. The number of H-pyrrole nitrogens is 1. The molecule has 0 fully saturated rings. The van der Waals surface area contributed by atoms with Gasteiger partial charge in [-0.25, -0.2) is 0 Å². The van der Waals surface area contributed by atoms with Gasteiger partial charge in [0.15, 0.2) is 0 Å². The molecule has 3 nitrogen and oxygen atoms in total. The third-order valence-corrected chi connectivity index (χ3v) is 4.43. The Morgan fingerprint density at radius 3 is 2.00 bits per heavy atom. The number of aryl methyl sites for hydroxylation is 1. The first-order valence-corrected chi connectivity index (χ1v) is 9.37. The number of aromatic amines is 1. The summed E-state index contributed by atoms with van der Waals surface area (Å²) in [7, 11) is 0. The van der Waals surface area contributed by atoms with Gasteiger partial charge in [-0.15, -0.1) is 0 Å². The van der Waals surface area contributed by atoms with Crippen molar-refractivity contribution >= 4 is 0 Å². The maximum Gasteiger partial charge on any atom is 0.115 e. The highest BCUT2D eigenvalue weighted by Crippen LogP contribution is 2.21. The fourth-order valence-corrected chi connectivity index (χ4v) is 3.03. The van der Waals surface area contributed by atoms with E-state index in [1.807, 2.05) is 18.2 Å².